The second-order valence-electron chi connectivity index (χ2n) is 5.13. The van der Waals surface area contributed by atoms with Crippen LogP contribution in [0.5, 0.6) is 0 Å². The number of nitrogens with one attached hydrogen (secondary N) is 1. The van der Waals surface area contributed by atoms with Crippen molar-refractivity contribution in [2.75, 3.05) is 6.61 Å². The zero-order valence-electron chi connectivity index (χ0n) is 11.5. The molecular weight excluding hydrogens is 281 g/mol. The molecule has 0 spiro atoms. The van der Waals surface area contributed by atoms with Gasteiger partial charge in [0.25, 0.3) is 0 Å². The van der Waals surface area contributed by atoms with Crippen LogP contribution in [-0.2, 0) is 4.74 Å². The molecule has 0 radical (unpaired) electrons. The van der Waals surface area contributed by atoms with E-state index < -0.39 is 0 Å². The molecule has 1 saturated heterocycles. The first-order valence-electron chi connectivity index (χ1n) is 6.94. The lowest BCUT2D eigenvalue weighted by atomic mass is 10.0. The van der Waals surface area contributed by atoms with Crippen LogP contribution in [-0.4, -0.2) is 18.8 Å². The maximum absolute atomic E-state index is 6.29. The van der Waals surface area contributed by atoms with Crippen molar-refractivity contribution in [3.05, 3.63) is 33.8 Å². The van der Waals surface area contributed by atoms with Crippen LogP contribution in [0.1, 0.15) is 44.7 Å². The van der Waals surface area contributed by atoms with E-state index in [0.29, 0.717) is 17.2 Å². The highest BCUT2D eigenvalue weighted by Crippen LogP contribution is 2.29. The summed E-state index contributed by atoms with van der Waals surface area (Å²) in [5, 5.41) is 5.04. The zero-order valence-corrected chi connectivity index (χ0v) is 13.0. The molecule has 0 aromatic heterocycles. The van der Waals surface area contributed by atoms with Crippen molar-refractivity contribution in [1.29, 1.82) is 0 Å². The third-order valence-corrected chi connectivity index (χ3v) is 4.30. The highest BCUT2D eigenvalue weighted by atomic mass is 35.5. The fourth-order valence-electron chi connectivity index (χ4n) is 2.63. The smallest absolute Gasteiger partial charge is 0.0726 e. The normalized spacial score (nSPS) is 22.4. The van der Waals surface area contributed by atoms with Gasteiger partial charge in [-0.1, -0.05) is 36.2 Å². The van der Waals surface area contributed by atoms with Crippen LogP contribution >= 0.6 is 23.2 Å². The molecule has 0 saturated carbocycles. The molecule has 0 bridgehead atoms. The molecule has 2 nitrogen and oxygen atoms in total. The summed E-state index contributed by atoms with van der Waals surface area (Å²) in [5.41, 5.74) is 1.11. The Labute approximate surface area is 125 Å². The molecule has 0 amide bonds. The van der Waals surface area contributed by atoms with Gasteiger partial charge in [-0.3, -0.25) is 0 Å². The largest absolute Gasteiger partial charge is 0.377 e. The molecule has 1 aromatic rings. The molecule has 1 aliphatic heterocycles. The molecule has 1 fully saturated rings. The van der Waals surface area contributed by atoms with Gasteiger partial charge in [-0.05, 0) is 43.9 Å². The summed E-state index contributed by atoms with van der Waals surface area (Å²) in [6, 6.07) is 6.28. The van der Waals surface area contributed by atoms with Gasteiger partial charge in [0.15, 0.2) is 0 Å². The highest BCUT2D eigenvalue weighted by Gasteiger charge is 2.25. The van der Waals surface area contributed by atoms with Crippen LogP contribution in [0.3, 0.4) is 0 Å². The van der Waals surface area contributed by atoms with Crippen molar-refractivity contribution < 1.29 is 4.74 Å². The van der Waals surface area contributed by atoms with E-state index in [-0.39, 0.29) is 6.04 Å². The van der Waals surface area contributed by atoms with Gasteiger partial charge < -0.3 is 10.1 Å². The summed E-state index contributed by atoms with van der Waals surface area (Å²) in [5.74, 6) is 0. The predicted octanol–water partition coefficient (Wildman–Crippen LogP) is 4.60. The number of benzene rings is 1. The van der Waals surface area contributed by atoms with Crippen molar-refractivity contribution in [2.45, 2.75) is 51.3 Å². The molecule has 106 valence electrons. The average molecular weight is 302 g/mol. The molecule has 1 N–H and O–H groups in total. The van der Waals surface area contributed by atoms with Gasteiger partial charge in [-0.25, -0.2) is 0 Å². The second-order valence-corrected chi connectivity index (χ2v) is 5.98. The molecule has 1 aromatic carbocycles. The Balaban J connectivity index is 2.06. The predicted molar refractivity (Wildman–Crippen MR) is 81.1 cm³/mol. The monoisotopic (exact) mass is 301 g/mol. The summed E-state index contributed by atoms with van der Waals surface area (Å²) < 4.78 is 5.73. The Morgan fingerprint density at radius 2 is 2.21 bits per heavy atom. The zero-order chi connectivity index (χ0) is 13.8. The Hall–Kier alpha value is -0.280. The van der Waals surface area contributed by atoms with E-state index >= 15 is 0 Å². The SMILES string of the molecule is CCC(NC(C)C1CCCO1)c1ccc(Cl)cc1Cl. The van der Waals surface area contributed by atoms with Gasteiger partial charge in [0, 0.05) is 28.7 Å². The number of ether oxygens (including phenoxy) is 1. The maximum Gasteiger partial charge on any atom is 0.0726 e. The lowest BCUT2D eigenvalue weighted by molar-refractivity contribution is 0.0794. The minimum Gasteiger partial charge on any atom is -0.377 e. The maximum atomic E-state index is 6.29. The molecule has 3 atom stereocenters. The fraction of sp³-hybridized carbons (Fsp3) is 0.600. The molecule has 19 heavy (non-hydrogen) atoms. The van der Waals surface area contributed by atoms with Crippen molar-refractivity contribution in [2.24, 2.45) is 0 Å². The molecule has 2 rings (SSSR count). The van der Waals surface area contributed by atoms with E-state index in [2.05, 4.69) is 19.2 Å². The third-order valence-electron chi connectivity index (χ3n) is 3.73. The lowest BCUT2D eigenvalue weighted by Crippen LogP contribution is -2.39. The average Bonchev–Trinajstić information content (AvgIpc) is 2.90. The van der Waals surface area contributed by atoms with Gasteiger partial charge >= 0.3 is 0 Å². The van der Waals surface area contributed by atoms with Crippen LogP contribution in [0.4, 0.5) is 0 Å². The number of rotatable bonds is 5. The van der Waals surface area contributed by atoms with Crippen LogP contribution < -0.4 is 5.32 Å². The molecule has 4 heteroatoms. The van der Waals surface area contributed by atoms with Crippen molar-refractivity contribution in [1.82, 2.24) is 5.32 Å². The third kappa shape index (κ3) is 3.85. The lowest BCUT2D eigenvalue weighted by Gasteiger charge is -2.27. The Morgan fingerprint density at radius 3 is 2.79 bits per heavy atom. The van der Waals surface area contributed by atoms with Gasteiger partial charge in [0.2, 0.25) is 0 Å². The molecule has 1 heterocycles. The summed E-state index contributed by atoms with van der Waals surface area (Å²) >= 11 is 12.2. The molecule has 0 aliphatic carbocycles. The molecule has 3 unspecified atom stereocenters. The topological polar surface area (TPSA) is 21.3 Å². The summed E-state index contributed by atoms with van der Waals surface area (Å²) in [6.07, 6.45) is 3.60. The van der Waals surface area contributed by atoms with E-state index in [0.717, 1.165) is 36.5 Å². The first-order valence-corrected chi connectivity index (χ1v) is 7.70. The van der Waals surface area contributed by atoms with Crippen molar-refractivity contribution >= 4 is 23.2 Å². The summed E-state index contributed by atoms with van der Waals surface area (Å²) in [6.45, 7) is 5.22. The first-order chi connectivity index (χ1) is 9.11. The van der Waals surface area contributed by atoms with Gasteiger partial charge in [-0.2, -0.15) is 0 Å². The first kappa shape index (κ1) is 15.1. The Morgan fingerprint density at radius 1 is 1.42 bits per heavy atom. The van der Waals surface area contributed by atoms with Crippen LogP contribution in [0, 0.1) is 0 Å². The van der Waals surface area contributed by atoms with E-state index in [4.69, 9.17) is 27.9 Å². The summed E-state index contributed by atoms with van der Waals surface area (Å²) in [7, 11) is 0. The van der Waals surface area contributed by atoms with Gasteiger partial charge in [-0.15, -0.1) is 0 Å². The van der Waals surface area contributed by atoms with E-state index in [1.165, 1.54) is 0 Å². The highest BCUT2D eigenvalue weighted by molar-refractivity contribution is 6.35. The van der Waals surface area contributed by atoms with E-state index in [1.54, 1.807) is 6.07 Å². The Kier molecular flexibility index (Phi) is 5.52. The Bertz CT molecular complexity index is 419. The molecular formula is C15H21Cl2NO. The minimum absolute atomic E-state index is 0.240. The number of halogens is 2. The van der Waals surface area contributed by atoms with Crippen LogP contribution in [0.2, 0.25) is 10.0 Å². The van der Waals surface area contributed by atoms with Crippen molar-refractivity contribution in [3.8, 4) is 0 Å². The minimum atomic E-state index is 0.240. The standard InChI is InChI=1S/C15H21Cl2NO/c1-3-14(12-7-6-11(16)9-13(12)17)18-10(2)15-5-4-8-19-15/h6-7,9-10,14-15,18H,3-5,8H2,1-2H3. The quantitative estimate of drug-likeness (QED) is 0.858. The van der Waals surface area contributed by atoms with E-state index in [1.807, 2.05) is 12.1 Å². The second kappa shape index (κ2) is 6.94. The summed E-state index contributed by atoms with van der Waals surface area (Å²) in [4.78, 5) is 0. The van der Waals surface area contributed by atoms with Crippen molar-refractivity contribution in [3.63, 3.8) is 0 Å². The van der Waals surface area contributed by atoms with Crippen LogP contribution in [0.25, 0.3) is 0 Å². The fourth-order valence-corrected chi connectivity index (χ4v) is 3.17. The number of hydrogen-bond donors (Lipinski definition) is 1. The van der Waals surface area contributed by atoms with Gasteiger partial charge in [0.05, 0.1) is 6.10 Å². The van der Waals surface area contributed by atoms with Gasteiger partial charge in [0.1, 0.15) is 0 Å². The van der Waals surface area contributed by atoms with Crippen LogP contribution in [0.15, 0.2) is 18.2 Å². The number of hydrogen-bond acceptors (Lipinski definition) is 2. The molecule has 1 aliphatic rings. The van der Waals surface area contributed by atoms with E-state index in [9.17, 15) is 0 Å².